The first-order valence-corrected chi connectivity index (χ1v) is 9.99. The fourth-order valence-corrected chi connectivity index (χ4v) is 2.97. The second kappa shape index (κ2) is 12.8. The Labute approximate surface area is 176 Å². The van der Waals surface area contributed by atoms with E-state index < -0.39 is 0 Å². The molecule has 1 aliphatic carbocycles. The monoisotopic (exact) mass is 418 g/mol. The Morgan fingerprint density at radius 3 is 1.93 bits per heavy atom. The second-order valence-electron chi connectivity index (χ2n) is 6.77. The molecule has 0 radical (unpaired) electrons. The third-order valence-electron chi connectivity index (χ3n) is 4.49. The van der Waals surface area contributed by atoms with Crippen LogP contribution in [0.1, 0.15) is 6.42 Å². The number of nitrogens with zero attached hydrogens (tertiary/aromatic N) is 1. The van der Waals surface area contributed by atoms with Gasteiger partial charge >= 0.3 is 0 Å². The number of aliphatic hydroxyl groups is 3. The number of nitrogens with one attached hydrogen (secondary N) is 3. The van der Waals surface area contributed by atoms with Crippen molar-refractivity contribution in [2.24, 2.45) is 0 Å². The van der Waals surface area contributed by atoms with Crippen molar-refractivity contribution in [1.29, 1.82) is 0 Å². The van der Waals surface area contributed by atoms with Crippen molar-refractivity contribution in [3.63, 3.8) is 0 Å². The van der Waals surface area contributed by atoms with Crippen LogP contribution in [0.25, 0.3) is 0 Å². The summed E-state index contributed by atoms with van der Waals surface area (Å²) in [6.07, 6.45) is 3.34. The molecule has 164 valence electrons. The van der Waals surface area contributed by atoms with Gasteiger partial charge in [-0.15, -0.1) is 0 Å². The number of anilines is 2. The van der Waals surface area contributed by atoms with Gasteiger partial charge in [0.25, 0.3) is 0 Å². The summed E-state index contributed by atoms with van der Waals surface area (Å²) >= 11 is 0. The molecule has 0 fully saturated rings. The molecule has 2 rings (SSSR count). The maximum absolute atomic E-state index is 12.2. The molecule has 30 heavy (non-hydrogen) atoms. The standard InChI is InChI=1S/C21H30N4O5/c26-11-7-23-18-14-21(30)19(15-20(18)29)24-17-4-2-16(3-5-17)22-6-1-8-25(9-12-27)10-13-28/h2-5,14-15,22-24,26-28H,1,6-13H2. The lowest BCUT2D eigenvalue weighted by Gasteiger charge is -2.20. The van der Waals surface area contributed by atoms with Gasteiger partial charge in [0.2, 0.25) is 11.6 Å². The number of hydrogen-bond donors (Lipinski definition) is 6. The Morgan fingerprint density at radius 2 is 1.30 bits per heavy atom. The van der Waals surface area contributed by atoms with Gasteiger partial charge in [0, 0.05) is 49.7 Å². The van der Waals surface area contributed by atoms with Crippen LogP contribution < -0.4 is 16.0 Å². The summed E-state index contributed by atoms with van der Waals surface area (Å²) in [4.78, 5) is 26.3. The molecule has 0 aromatic heterocycles. The quantitative estimate of drug-likeness (QED) is 0.178. The van der Waals surface area contributed by atoms with Gasteiger partial charge in [0.15, 0.2) is 0 Å². The van der Waals surface area contributed by atoms with E-state index in [4.69, 9.17) is 15.3 Å². The van der Waals surface area contributed by atoms with Crippen LogP contribution in [0, 0.1) is 0 Å². The van der Waals surface area contributed by atoms with Crippen molar-refractivity contribution in [2.75, 3.05) is 63.2 Å². The zero-order valence-electron chi connectivity index (χ0n) is 16.9. The number of aliphatic hydroxyl groups excluding tert-OH is 3. The van der Waals surface area contributed by atoms with Gasteiger partial charge in [-0.2, -0.15) is 0 Å². The third-order valence-corrected chi connectivity index (χ3v) is 4.49. The van der Waals surface area contributed by atoms with E-state index in [2.05, 4.69) is 16.0 Å². The van der Waals surface area contributed by atoms with Crippen LogP contribution in [0.4, 0.5) is 11.4 Å². The topological polar surface area (TPSA) is 134 Å². The van der Waals surface area contributed by atoms with Crippen molar-refractivity contribution in [1.82, 2.24) is 10.2 Å². The lowest BCUT2D eigenvalue weighted by atomic mass is 10.1. The van der Waals surface area contributed by atoms with E-state index in [1.54, 1.807) is 0 Å². The number of allylic oxidation sites excluding steroid dienone is 2. The average Bonchev–Trinajstić information content (AvgIpc) is 2.74. The van der Waals surface area contributed by atoms with Crippen molar-refractivity contribution < 1.29 is 24.9 Å². The third kappa shape index (κ3) is 7.60. The smallest absolute Gasteiger partial charge is 0.204 e. The summed E-state index contributed by atoms with van der Waals surface area (Å²) in [5.74, 6) is -0.632. The predicted octanol–water partition coefficient (Wildman–Crippen LogP) is -0.311. The molecular weight excluding hydrogens is 388 g/mol. The number of hydrogen-bond acceptors (Lipinski definition) is 9. The Kier molecular flexibility index (Phi) is 10.0. The van der Waals surface area contributed by atoms with Gasteiger partial charge in [-0.3, -0.25) is 14.5 Å². The van der Waals surface area contributed by atoms with Crippen molar-refractivity contribution >= 4 is 22.9 Å². The van der Waals surface area contributed by atoms with Crippen LogP contribution in [0.2, 0.25) is 0 Å². The lowest BCUT2D eigenvalue weighted by molar-refractivity contribution is -0.115. The summed E-state index contributed by atoms with van der Waals surface area (Å²) in [5, 5.41) is 35.8. The highest BCUT2D eigenvalue weighted by Gasteiger charge is 2.20. The summed E-state index contributed by atoms with van der Waals surface area (Å²) < 4.78 is 0. The van der Waals surface area contributed by atoms with Gasteiger partial charge in [-0.1, -0.05) is 0 Å². The maximum atomic E-state index is 12.2. The molecule has 0 spiro atoms. The molecule has 9 heteroatoms. The van der Waals surface area contributed by atoms with E-state index in [1.807, 2.05) is 29.2 Å². The normalized spacial score (nSPS) is 13.9. The van der Waals surface area contributed by atoms with E-state index >= 15 is 0 Å². The van der Waals surface area contributed by atoms with Crippen LogP contribution in [0.5, 0.6) is 0 Å². The molecular formula is C21H30N4O5. The minimum Gasteiger partial charge on any atom is -0.395 e. The zero-order chi connectivity index (χ0) is 21.8. The molecule has 0 amide bonds. The number of benzene rings is 1. The zero-order valence-corrected chi connectivity index (χ0v) is 16.9. The minimum absolute atomic E-state index is 0.0721. The highest BCUT2D eigenvalue weighted by molar-refractivity contribution is 6.20. The van der Waals surface area contributed by atoms with E-state index in [9.17, 15) is 9.59 Å². The molecule has 0 unspecified atom stereocenters. The Balaban J connectivity index is 1.81. The van der Waals surface area contributed by atoms with Gasteiger partial charge in [-0.05, 0) is 37.2 Å². The van der Waals surface area contributed by atoms with Gasteiger partial charge in [-0.25, -0.2) is 0 Å². The van der Waals surface area contributed by atoms with E-state index in [-0.39, 0.29) is 49.3 Å². The van der Waals surface area contributed by atoms with Crippen molar-refractivity contribution in [2.45, 2.75) is 6.42 Å². The number of rotatable bonds is 14. The maximum Gasteiger partial charge on any atom is 0.204 e. The van der Waals surface area contributed by atoms with E-state index in [1.165, 1.54) is 12.2 Å². The molecule has 1 aromatic rings. The summed E-state index contributed by atoms with van der Waals surface area (Å²) in [7, 11) is 0. The fraction of sp³-hybridized carbons (Fsp3) is 0.429. The highest BCUT2D eigenvalue weighted by Crippen LogP contribution is 2.18. The molecule has 0 saturated carbocycles. The molecule has 0 atom stereocenters. The summed E-state index contributed by atoms with van der Waals surface area (Å²) in [6.45, 7) is 2.84. The Bertz CT molecular complexity index is 755. The summed E-state index contributed by atoms with van der Waals surface area (Å²) in [6, 6.07) is 7.38. The van der Waals surface area contributed by atoms with E-state index in [0.29, 0.717) is 18.8 Å². The first-order chi connectivity index (χ1) is 14.6. The van der Waals surface area contributed by atoms with Crippen molar-refractivity contribution in [3.05, 3.63) is 47.8 Å². The van der Waals surface area contributed by atoms with Gasteiger partial charge in [0.1, 0.15) is 0 Å². The molecule has 9 nitrogen and oxygen atoms in total. The molecule has 0 aliphatic heterocycles. The van der Waals surface area contributed by atoms with Crippen LogP contribution in [-0.4, -0.2) is 84.3 Å². The van der Waals surface area contributed by atoms with Crippen molar-refractivity contribution in [3.8, 4) is 0 Å². The van der Waals surface area contributed by atoms with Crippen LogP contribution >= 0.6 is 0 Å². The predicted molar refractivity (Wildman–Crippen MR) is 115 cm³/mol. The number of carbonyl (C=O) groups excluding carboxylic acids is 2. The minimum atomic E-state index is -0.319. The molecule has 0 saturated heterocycles. The summed E-state index contributed by atoms with van der Waals surface area (Å²) in [5.41, 5.74) is 1.98. The highest BCUT2D eigenvalue weighted by atomic mass is 16.3. The number of carbonyl (C=O) groups is 2. The fourth-order valence-electron chi connectivity index (χ4n) is 2.97. The SMILES string of the molecule is O=C1C=C(Nc2ccc(NCCCN(CCO)CCO)cc2)C(=O)C=C1NCCO. The van der Waals surface area contributed by atoms with Crippen LogP contribution in [-0.2, 0) is 9.59 Å². The largest absolute Gasteiger partial charge is 0.395 e. The Morgan fingerprint density at radius 1 is 0.700 bits per heavy atom. The average molecular weight is 418 g/mol. The molecule has 1 aliphatic rings. The molecule has 0 heterocycles. The molecule has 6 N–H and O–H groups in total. The second-order valence-corrected chi connectivity index (χ2v) is 6.77. The van der Waals surface area contributed by atoms with E-state index in [0.717, 1.165) is 25.2 Å². The first-order valence-electron chi connectivity index (χ1n) is 9.99. The van der Waals surface area contributed by atoms with Crippen LogP contribution in [0.3, 0.4) is 0 Å². The molecule has 0 bridgehead atoms. The van der Waals surface area contributed by atoms with Crippen LogP contribution in [0.15, 0.2) is 47.8 Å². The van der Waals surface area contributed by atoms with Gasteiger partial charge < -0.3 is 31.3 Å². The van der Waals surface area contributed by atoms with Gasteiger partial charge in [0.05, 0.1) is 31.2 Å². The number of ketones is 2. The first kappa shape index (κ1) is 23.6. The molecule has 1 aromatic carbocycles. The lowest BCUT2D eigenvalue weighted by Crippen LogP contribution is -2.31. The Hall–Kier alpha value is -2.72.